The molecule has 0 spiro atoms. The van der Waals surface area contributed by atoms with E-state index in [1.54, 1.807) is 0 Å². The van der Waals surface area contributed by atoms with Crippen LogP contribution in [-0.4, -0.2) is 0 Å². The normalized spacial score (nSPS) is 21.6. The second kappa shape index (κ2) is 3.80. The Hall–Kier alpha value is -0.980. The first-order valence-electron chi connectivity index (χ1n) is 6.67. The van der Waals surface area contributed by atoms with Crippen molar-refractivity contribution in [3.8, 4) is 0 Å². The second-order valence-corrected chi connectivity index (χ2v) is 5.54. The lowest BCUT2D eigenvalue weighted by atomic mass is 9.73. The molecule has 0 aromatic heterocycles. The lowest BCUT2D eigenvalue weighted by Gasteiger charge is -2.32. The average Bonchev–Trinajstić information content (AvgIpc) is 2.63. The van der Waals surface area contributed by atoms with E-state index in [4.69, 9.17) is 5.73 Å². The first kappa shape index (κ1) is 10.2. The number of nitrogen functional groups attached to an aromatic ring is 1. The maximum Gasteiger partial charge on any atom is 0.0384 e. The van der Waals surface area contributed by atoms with Crippen LogP contribution in [0, 0.1) is 5.92 Å². The zero-order valence-electron chi connectivity index (χ0n) is 10.1. The van der Waals surface area contributed by atoms with Gasteiger partial charge in [-0.15, -0.1) is 0 Å². The molecule has 1 aromatic carbocycles. The van der Waals surface area contributed by atoms with Crippen LogP contribution in [0.1, 0.15) is 55.2 Å². The molecule has 0 aliphatic heterocycles. The number of hydrogen-bond acceptors (Lipinski definition) is 1. The van der Waals surface area contributed by atoms with Crippen molar-refractivity contribution in [3.63, 3.8) is 0 Å². The van der Waals surface area contributed by atoms with Crippen molar-refractivity contribution in [2.75, 3.05) is 5.73 Å². The van der Waals surface area contributed by atoms with E-state index in [1.807, 2.05) is 0 Å². The minimum atomic E-state index is 0.666. The molecule has 1 heteroatoms. The van der Waals surface area contributed by atoms with Crippen molar-refractivity contribution >= 4 is 5.69 Å². The standard InChI is InChI=1S/C15H21N/c1-10(11-4-2-5-11)13-9-8-12-6-3-7-14(12)15(13)16/h8-11H,2-7,16H2,1H3/t10-/m1/s1. The van der Waals surface area contributed by atoms with Crippen LogP contribution in [0.2, 0.25) is 0 Å². The summed E-state index contributed by atoms with van der Waals surface area (Å²) in [5, 5.41) is 0. The lowest BCUT2D eigenvalue weighted by Crippen LogP contribution is -2.19. The molecule has 2 aliphatic carbocycles. The first-order chi connectivity index (χ1) is 7.77. The van der Waals surface area contributed by atoms with E-state index in [2.05, 4.69) is 19.1 Å². The maximum absolute atomic E-state index is 6.35. The third kappa shape index (κ3) is 1.45. The first-order valence-corrected chi connectivity index (χ1v) is 6.67. The Bertz CT molecular complexity index is 404. The molecule has 0 heterocycles. The molecule has 0 amide bonds. The number of fused-ring (bicyclic) bond motifs is 1. The Labute approximate surface area is 98.0 Å². The summed E-state index contributed by atoms with van der Waals surface area (Å²) >= 11 is 0. The number of rotatable bonds is 2. The summed E-state index contributed by atoms with van der Waals surface area (Å²) in [6.45, 7) is 2.36. The third-order valence-corrected chi connectivity index (χ3v) is 4.71. The minimum Gasteiger partial charge on any atom is -0.398 e. The van der Waals surface area contributed by atoms with Crippen LogP contribution in [0.5, 0.6) is 0 Å². The number of aryl methyl sites for hydroxylation is 1. The highest BCUT2D eigenvalue weighted by molar-refractivity contribution is 5.60. The van der Waals surface area contributed by atoms with Crippen LogP contribution in [0.15, 0.2) is 12.1 Å². The van der Waals surface area contributed by atoms with Crippen LogP contribution < -0.4 is 5.73 Å². The molecular formula is C15H21N. The number of anilines is 1. The fraction of sp³-hybridized carbons (Fsp3) is 0.600. The van der Waals surface area contributed by atoms with Crippen LogP contribution in [0.3, 0.4) is 0 Å². The highest BCUT2D eigenvalue weighted by Gasteiger charge is 2.27. The van der Waals surface area contributed by atoms with Gasteiger partial charge in [-0.1, -0.05) is 25.5 Å². The molecule has 1 aromatic rings. The zero-order valence-corrected chi connectivity index (χ0v) is 10.1. The number of benzene rings is 1. The molecule has 1 saturated carbocycles. The van der Waals surface area contributed by atoms with Gasteiger partial charge in [0.25, 0.3) is 0 Å². The van der Waals surface area contributed by atoms with Gasteiger partial charge in [0.15, 0.2) is 0 Å². The predicted octanol–water partition coefficient (Wildman–Crippen LogP) is 3.66. The highest BCUT2D eigenvalue weighted by Crippen LogP contribution is 2.42. The molecule has 0 bridgehead atoms. The van der Waals surface area contributed by atoms with Gasteiger partial charge in [0.05, 0.1) is 0 Å². The topological polar surface area (TPSA) is 26.0 Å². The van der Waals surface area contributed by atoms with E-state index in [9.17, 15) is 0 Å². The molecule has 0 saturated heterocycles. The largest absolute Gasteiger partial charge is 0.398 e. The summed E-state index contributed by atoms with van der Waals surface area (Å²) in [7, 11) is 0. The molecule has 1 atom stereocenters. The Morgan fingerprint density at radius 2 is 2.00 bits per heavy atom. The van der Waals surface area contributed by atoms with Crippen LogP contribution in [-0.2, 0) is 12.8 Å². The van der Waals surface area contributed by atoms with Gasteiger partial charge in [0.1, 0.15) is 0 Å². The molecule has 1 nitrogen and oxygen atoms in total. The van der Waals surface area contributed by atoms with Gasteiger partial charge in [-0.2, -0.15) is 0 Å². The quantitative estimate of drug-likeness (QED) is 0.749. The Kier molecular flexibility index (Phi) is 2.42. The summed E-state index contributed by atoms with van der Waals surface area (Å²) in [5.41, 5.74) is 11.9. The molecule has 3 rings (SSSR count). The van der Waals surface area contributed by atoms with Crippen molar-refractivity contribution in [2.24, 2.45) is 5.92 Å². The molecule has 2 N–H and O–H groups in total. The average molecular weight is 215 g/mol. The molecule has 1 fully saturated rings. The predicted molar refractivity (Wildman–Crippen MR) is 68.6 cm³/mol. The zero-order chi connectivity index (χ0) is 11.1. The van der Waals surface area contributed by atoms with Gasteiger partial charge in [-0.05, 0) is 60.6 Å². The van der Waals surface area contributed by atoms with Crippen LogP contribution in [0.4, 0.5) is 5.69 Å². The SMILES string of the molecule is C[C@@H](c1ccc2c(c1N)CCC2)C1CCC1. The highest BCUT2D eigenvalue weighted by atomic mass is 14.6. The van der Waals surface area contributed by atoms with Crippen LogP contribution in [0.25, 0.3) is 0 Å². The second-order valence-electron chi connectivity index (χ2n) is 5.54. The lowest BCUT2D eigenvalue weighted by molar-refractivity contribution is 0.272. The summed E-state index contributed by atoms with van der Waals surface area (Å²) in [5.74, 6) is 1.56. The number of hydrogen-bond donors (Lipinski definition) is 1. The molecule has 0 unspecified atom stereocenters. The van der Waals surface area contributed by atoms with E-state index in [0.717, 1.165) is 11.6 Å². The molecule has 0 radical (unpaired) electrons. The summed E-state index contributed by atoms with van der Waals surface area (Å²) < 4.78 is 0. The van der Waals surface area contributed by atoms with E-state index < -0.39 is 0 Å². The maximum atomic E-state index is 6.35. The summed E-state index contributed by atoms with van der Waals surface area (Å²) in [6, 6.07) is 4.62. The van der Waals surface area contributed by atoms with E-state index in [-0.39, 0.29) is 0 Å². The molecule has 2 aliphatic rings. The fourth-order valence-corrected chi connectivity index (χ4v) is 3.30. The number of nitrogens with two attached hydrogens (primary N) is 1. The molecular weight excluding hydrogens is 194 g/mol. The van der Waals surface area contributed by atoms with E-state index in [1.165, 1.54) is 55.2 Å². The van der Waals surface area contributed by atoms with Crippen molar-refractivity contribution < 1.29 is 0 Å². The van der Waals surface area contributed by atoms with Gasteiger partial charge >= 0.3 is 0 Å². The fourth-order valence-electron chi connectivity index (χ4n) is 3.30. The summed E-state index contributed by atoms with van der Waals surface area (Å²) in [6.07, 6.45) is 7.94. The van der Waals surface area contributed by atoms with E-state index in [0.29, 0.717) is 5.92 Å². The monoisotopic (exact) mass is 215 g/mol. The van der Waals surface area contributed by atoms with Crippen molar-refractivity contribution in [1.82, 2.24) is 0 Å². The van der Waals surface area contributed by atoms with Gasteiger partial charge < -0.3 is 5.73 Å². The van der Waals surface area contributed by atoms with Crippen molar-refractivity contribution in [3.05, 3.63) is 28.8 Å². The van der Waals surface area contributed by atoms with Gasteiger partial charge in [0.2, 0.25) is 0 Å². The molecule has 86 valence electrons. The Morgan fingerprint density at radius 3 is 2.69 bits per heavy atom. The van der Waals surface area contributed by atoms with E-state index >= 15 is 0 Å². The van der Waals surface area contributed by atoms with Crippen LogP contribution >= 0.6 is 0 Å². The van der Waals surface area contributed by atoms with Gasteiger partial charge in [0, 0.05) is 5.69 Å². The van der Waals surface area contributed by atoms with Gasteiger partial charge in [-0.3, -0.25) is 0 Å². The smallest absolute Gasteiger partial charge is 0.0384 e. The Balaban J connectivity index is 1.95. The Morgan fingerprint density at radius 1 is 1.19 bits per heavy atom. The minimum absolute atomic E-state index is 0.666. The third-order valence-electron chi connectivity index (χ3n) is 4.71. The van der Waals surface area contributed by atoms with Crippen molar-refractivity contribution in [1.29, 1.82) is 0 Å². The molecule has 16 heavy (non-hydrogen) atoms. The van der Waals surface area contributed by atoms with Crippen molar-refractivity contribution in [2.45, 2.75) is 51.4 Å². The summed E-state index contributed by atoms with van der Waals surface area (Å²) in [4.78, 5) is 0. The van der Waals surface area contributed by atoms with Gasteiger partial charge in [-0.25, -0.2) is 0 Å².